The van der Waals surface area contributed by atoms with Gasteiger partial charge in [0.2, 0.25) is 0 Å². The summed E-state index contributed by atoms with van der Waals surface area (Å²) in [6.45, 7) is 22.9. The molecule has 0 unspecified atom stereocenters. The second-order valence-corrected chi connectivity index (χ2v) is 22.2. The number of benzene rings is 7. The number of aryl methyl sites for hydroxylation is 6. The molecule has 0 atom stereocenters. The zero-order valence-electron chi connectivity index (χ0n) is 46.7. The molecule has 384 valence electrons. The Hall–Kier alpha value is -4.68. The summed E-state index contributed by atoms with van der Waals surface area (Å²) < 4.78 is 0. The first-order chi connectivity index (χ1) is 35.4. The van der Waals surface area contributed by atoms with Crippen molar-refractivity contribution < 1.29 is 0 Å². The molecule has 0 fully saturated rings. The molecule has 0 nitrogen and oxygen atoms in total. The zero-order chi connectivity index (χ0) is 50.7. The monoisotopic (exact) mass is 961 g/mol. The Labute approximate surface area is 439 Å². The van der Waals surface area contributed by atoms with E-state index in [1.807, 2.05) is 0 Å². The third-order valence-electron chi connectivity index (χ3n) is 16.4. The van der Waals surface area contributed by atoms with Gasteiger partial charge in [0.25, 0.3) is 0 Å². The van der Waals surface area contributed by atoms with E-state index < -0.39 is 0 Å². The standard InChI is InChI=1S/C72H96/c1-9-17-23-29-35-55-45-57(37-31-25-19-11-3)69(58(46-55)38-32-26-20-12-4)63-43-41-61-62-42-44-64(66-50-54(16-8)52-68(72(62)66)67-51-53(15-7)49-65(63)71(61)67)70-59(39-33-27-21-13-5)47-56(36-30-24-18-10-2)48-60(70)40-34-28-22-14-6/h15-16,41-52H,7-14,17-40H2,1-6H3. The van der Waals surface area contributed by atoms with Crippen LogP contribution in [0.3, 0.4) is 0 Å². The van der Waals surface area contributed by atoms with Crippen molar-refractivity contribution in [3.63, 3.8) is 0 Å². The molecule has 0 bridgehead atoms. The van der Waals surface area contributed by atoms with Crippen LogP contribution >= 0.6 is 0 Å². The molecule has 0 heterocycles. The summed E-state index contributed by atoms with van der Waals surface area (Å²) in [6, 6.07) is 30.6. The summed E-state index contributed by atoms with van der Waals surface area (Å²) >= 11 is 0. The van der Waals surface area contributed by atoms with Crippen LogP contribution in [0.15, 0.2) is 86.0 Å². The average molecular weight is 962 g/mol. The smallest absolute Gasteiger partial charge is 0.00197 e. The van der Waals surface area contributed by atoms with Gasteiger partial charge in [-0.1, -0.05) is 231 Å². The molecule has 0 aliphatic heterocycles. The van der Waals surface area contributed by atoms with Gasteiger partial charge in [0, 0.05) is 0 Å². The van der Waals surface area contributed by atoms with Crippen LogP contribution in [-0.4, -0.2) is 0 Å². The highest BCUT2D eigenvalue weighted by molar-refractivity contribution is 6.36. The van der Waals surface area contributed by atoms with Crippen LogP contribution in [0.2, 0.25) is 0 Å². The maximum Gasteiger partial charge on any atom is -0.00197 e. The summed E-state index contributed by atoms with van der Waals surface area (Å²) in [7, 11) is 0. The lowest BCUT2D eigenvalue weighted by molar-refractivity contribution is 0.656. The molecular weight excluding hydrogens is 865 g/mol. The summed E-state index contributed by atoms with van der Waals surface area (Å²) in [5.74, 6) is 0. The molecule has 0 saturated carbocycles. The third-order valence-corrected chi connectivity index (χ3v) is 16.4. The molecule has 7 aromatic rings. The summed E-state index contributed by atoms with van der Waals surface area (Å²) in [5, 5.41) is 11.0. The number of fused-ring (bicyclic) bond motifs is 2. The van der Waals surface area contributed by atoms with E-state index in [9.17, 15) is 0 Å². The van der Waals surface area contributed by atoms with Crippen molar-refractivity contribution >= 4 is 55.2 Å². The van der Waals surface area contributed by atoms with Crippen LogP contribution in [0.25, 0.3) is 77.5 Å². The van der Waals surface area contributed by atoms with Gasteiger partial charge >= 0.3 is 0 Å². The van der Waals surface area contributed by atoms with Gasteiger partial charge in [0.1, 0.15) is 0 Å². The molecule has 7 rings (SSSR count). The van der Waals surface area contributed by atoms with Gasteiger partial charge in [-0.2, -0.15) is 0 Å². The van der Waals surface area contributed by atoms with E-state index in [2.05, 4.69) is 140 Å². The lowest BCUT2D eigenvalue weighted by Crippen LogP contribution is -2.03. The fourth-order valence-electron chi connectivity index (χ4n) is 12.5. The molecule has 0 amide bonds. The van der Waals surface area contributed by atoms with Gasteiger partial charge in [-0.25, -0.2) is 0 Å². The zero-order valence-corrected chi connectivity index (χ0v) is 46.7. The average Bonchev–Trinajstić information content (AvgIpc) is 3.40. The lowest BCUT2D eigenvalue weighted by atomic mass is 9.80. The van der Waals surface area contributed by atoms with E-state index in [4.69, 9.17) is 0 Å². The van der Waals surface area contributed by atoms with Gasteiger partial charge in [-0.05, 0) is 211 Å². The van der Waals surface area contributed by atoms with Crippen LogP contribution < -0.4 is 0 Å². The Kier molecular flexibility index (Phi) is 21.9. The van der Waals surface area contributed by atoms with E-state index in [0.29, 0.717) is 0 Å². The van der Waals surface area contributed by atoms with Crippen molar-refractivity contribution in [1.82, 2.24) is 0 Å². The van der Waals surface area contributed by atoms with Crippen LogP contribution in [0.4, 0.5) is 0 Å². The van der Waals surface area contributed by atoms with E-state index in [1.54, 1.807) is 33.4 Å². The molecule has 0 heteroatoms. The topological polar surface area (TPSA) is 0 Å². The van der Waals surface area contributed by atoms with E-state index >= 15 is 0 Å². The van der Waals surface area contributed by atoms with Crippen molar-refractivity contribution in [2.45, 2.75) is 234 Å². The Bertz CT molecular complexity index is 2550. The molecule has 0 radical (unpaired) electrons. The molecule has 0 saturated heterocycles. The first kappa shape index (κ1) is 55.1. The maximum atomic E-state index is 4.45. The Morgan fingerprint density at radius 1 is 0.292 bits per heavy atom. The van der Waals surface area contributed by atoms with Crippen LogP contribution in [0.1, 0.15) is 240 Å². The lowest BCUT2D eigenvalue weighted by Gasteiger charge is -2.24. The second kappa shape index (κ2) is 28.7. The number of hydrogen-bond acceptors (Lipinski definition) is 0. The molecule has 0 spiro atoms. The van der Waals surface area contributed by atoms with Gasteiger partial charge < -0.3 is 0 Å². The van der Waals surface area contributed by atoms with Crippen LogP contribution in [0.5, 0.6) is 0 Å². The first-order valence-corrected chi connectivity index (χ1v) is 30.2. The predicted molar refractivity (Wildman–Crippen MR) is 326 cm³/mol. The fraction of sp³-hybridized carbons (Fsp3) is 0.500. The highest BCUT2D eigenvalue weighted by Gasteiger charge is 2.23. The molecule has 0 aliphatic carbocycles. The predicted octanol–water partition coefficient (Wildman–Crippen LogP) is 23.1. The summed E-state index contributed by atoms with van der Waals surface area (Å²) in [4.78, 5) is 0. The van der Waals surface area contributed by atoms with Crippen molar-refractivity contribution in [2.24, 2.45) is 0 Å². The summed E-state index contributed by atoms with van der Waals surface area (Å²) in [6.07, 6.45) is 42.1. The normalized spacial score (nSPS) is 11.9. The van der Waals surface area contributed by atoms with Crippen LogP contribution in [0, 0.1) is 0 Å². The highest BCUT2D eigenvalue weighted by atomic mass is 14.3. The quantitative estimate of drug-likeness (QED) is 0.0214. The minimum Gasteiger partial charge on any atom is -0.0985 e. The SMILES string of the molecule is C=Cc1cc2c(-c3c(CCCCCC)cc(CCCCCC)cc3CCCCCC)ccc3c4ccc(-c5c(CCCCCC)cc(CCCCCC)cc5CCCCCC)c5cc(C=C)cc(c(c1)c23)c54. The van der Waals surface area contributed by atoms with Gasteiger partial charge in [0.15, 0.2) is 0 Å². The van der Waals surface area contributed by atoms with E-state index in [1.165, 1.54) is 243 Å². The van der Waals surface area contributed by atoms with Crippen molar-refractivity contribution in [1.29, 1.82) is 0 Å². The molecular formula is C72H96. The Morgan fingerprint density at radius 3 is 0.847 bits per heavy atom. The highest BCUT2D eigenvalue weighted by Crippen LogP contribution is 2.49. The van der Waals surface area contributed by atoms with Gasteiger partial charge in [-0.3, -0.25) is 0 Å². The molecule has 72 heavy (non-hydrogen) atoms. The molecule has 0 aromatic heterocycles. The number of hydrogen-bond donors (Lipinski definition) is 0. The van der Waals surface area contributed by atoms with E-state index in [0.717, 1.165) is 25.7 Å². The fourth-order valence-corrected chi connectivity index (χ4v) is 12.5. The third kappa shape index (κ3) is 13.5. The molecule has 0 N–H and O–H groups in total. The molecule has 0 aliphatic rings. The summed E-state index contributed by atoms with van der Waals surface area (Å²) in [5.41, 5.74) is 17.7. The van der Waals surface area contributed by atoms with Crippen molar-refractivity contribution in [3.05, 3.63) is 130 Å². The maximum absolute atomic E-state index is 4.45. The number of rotatable bonds is 34. The minimum absolute atomic E-state index is 1.14. The molecule has 7 aromatic carbocycles. The van der Waals surface area contributed by atoms with Crippen molar-refractivity contribution in [3.8, 4) is 22.3 Å². The number of unbranched alkanes of at least 4 members (excludes halogenated alkanes) is 18. The van der Waals surface area contributed by atoms with Crippen molar-refractivity contribution in [2.75, 3.05) is 0 Å². The Balaban J connectivity index is 1.50. The largest absolute Gasteiger partial charge is 0.0985 e. The van der Waals surface area contributed by atoms with Gasteiger partial charge in [-0.15, -0.1) is 0 Å². The van der Waals surface area contributed by atoms with Crippen LogP contribution in [-0.2, 0) is 38.5 Å². The van der Waals surface area contributed by atoms with Gasteiger partial charge in [0.05, 0.1) is 0 Å². The minimum atomic E-state index is 1.14. The Morgan fingerprint density at radius 2 is 0.569 bits per heavy atom. The first-order valence-electron chi connectivity index (χ1n) is 30.2. The van der Waals surface area contributed by atoms with E-state index in [-0.39, 0.29) is 0 Å². The second-order valence-electron chi connectivity index (χ2n) is 22.2.